The van der Waals surface area contributed by atoms with Crippen molar-refractivity contribution in [2.24, 2.45) is 0 Å². The van der Waals surface area contributed by atoms with Gasteiger partial charge in [0.2, 0.25) is 5.82 Å². The van der Waals surface area contributed by atoms with E-state index in [0.29, 0.717) is 25.6 Å². The summed E-state index contributed by atoms with van der Waals surface area (Å²) in [4.78, 5) is 17.3. The van der Waals surface area contributed by atoms with Crippen LogP contribution in [0.25, 0.3) is 0 Å². The van der Waals surface area contributed by atoms with Crippen LogP contribution in [-0.2, 0) is 11.3 Å². The van der Waals surface area contributed by atoms with Crippen LogP contribution in [-0.4, -0.2) is 57.0 Å². The Hall–Kier alpha value is -1.47. The first-order valence-corrected chi connectivity index (χ1v) is 6.06. The molecule has 2 rings (SSSR count). The number of rotatable bonds is 4. The third kappa shape index (κ3) is 2.85. The summed E-state index contributed by atoms with van der Waals surface area (Å²) < 4.78 is 6.72. The topological polar surface area (TPSA) is 80.5 Å². The predicted octanol–water partition coefficient (Wildman–Crippen LogP) is 0.389. The van der Waals surface area contributed by atoms with Crippen LogP contribution < -0.4 is 0 Å². The summed E-state index contributed by atoms with van der Waals surface area (Å²) in [6.07, 6.45) is 0. The Morgan fingerprint density at radius 3 is 2.61 bits per heavy atom. The summed E-state index contributed by atoms with van der Waals surface area (Å²) in [6.45, 7) is 7.42. The molecule has 1 aromatic rings. The molecule has 0 unspecified atom stereocenters. The lowest BCUT2D eigenvalue weighted by Crippen LogP contribution is -2.36. The second-order valence-corrected chi connectivity index (χ2v) is 4.58. The molecule has 0 saturated carbocycles. The van der Waals surface area contributed by atoms with Gasteiger partial charge in [0.25, 0.3) is 0 Å². The Bertz CT molecular complexity index is 424. The van der Waals surface area contributed by atoms with Gasteiger partial charge < -0.3 is 9.84 Å². The normalized spacial score (nSPS) is 17.3. The molecule has 1 aromatic heterocycles. The fourth-order valence-corrected chi connectivity index (χ4v) is 1.90. The van der Waals surface area contributed by atoms with Crippen molar-refractivity contribution in [3.05, 3.63) is 11.6 Å². The lowest BCUT2D eigenvalue weighted by Gasteiger charge is -2.25. The van der Waals surface area contributed by atoms with Crippen LogP contribution in [0.3, 0.4) is 0 Å². The molecule has 0 radical (unpaired) electrons. The minimum absolute atomic E-state index is 0.00765. The van der Waals surface area contributed by atoms with E-state index in [0.717, 1.165) is 13.1 Å². The molecule has 0 atom stereocenters. The minimum Gasteiger partial charge on any atom is -0.475 e. The molecule has 1 aliphatic rings. The monoisotopic (exact) mass is 254 g/mol. The molecule has 1 saturated heterocycles. The Labute approximate surface area is 105 Å². The average molecular weight is 254 g/mol. The quantitative estimate of drug-likeness (QED) is 0.837. The van der Waals surface area contributed by atoms with Gasteiger partial charge in [-0.05, 0) is 13.8 Å². The highest BCUT2D eigenvalue weighted by atomic mass is 16.5. The number of nitrogens with zero attached hydrogens (tertiary/aromatic N) is 4. The smallest absolute Gasteiger partial charge is 0.373 e. The highest BCUT2D eigenvalue weighted by Crippen LogP contribution is 2.10. The van der Waals surface area contributed by atoms with Gasteiger partial charge in [0.05, 0.1) is 19.8 Å². The SMILES string of the molecule is CC(C)n1nc(CN2CCOCC2)nc1C(=O)O. The number of carboxylic acid groups (broad SMARTS) is 1. The summed E-state index contributed by atoms with van der Waals surface area (Å²) in [7, 11) is 0. The number of carbonyl (C=O) groups is 1. The molecule has 100 valence electrons. The van der Waals surface area contributed by atoms with Crippen molar-refractivity contribution in [3.63, 3.8) is 0 Å². The maximum atomic E-state index is 11.1. The van der Waals surface area contributed by atoms with Crippen LogP contribution >= 0.6 is 0 Å². The summed E-state index contributed by atoms with van der Waals surface area (Å²) >= 11 is 0. The van der Waals surface area contributed by atoms with E-state index in [9.17, 15) is 4.79 Å². The summed E-state index contributed by atoms with van der Waals surface area (Å²) in [5.41, 5.74) is 0. The largest absolute Gasteiger partial charge is 0.475 e. The van der Waals surface area contributed by atoms with Crippen molar-refractivity contribution >= 4 is 5.97 Å². The van der Waals surface area contributed by atoms with E-state index >= 15 is 0 Å². The van der Waals surface area contributed by atoms with Crippen LogP contribution in [0.15, 0.2) is 0 Å². The maximum absolute atomic E-state index is 11.1. The van der Waals surface area contributed by atoms with Gasteiger partial charge >= 0.3 is 5.97 Å². The molecule has 7 nitrogen and oxygen atoms in total. The van der Waals surface area contributed by atoms with E-state index in [-0.39, 0.29) is 11.9 Å². The van der Waals surface area contributed by atoms with Gasteiger partial charge in [-0.1, -0.05) is 0 Å². The lowest BCUT2D eigenvalue weighted by atomic mass is 10.4. The molecule has 0 spiro atoms. The van der Waals surface area contributed by atoms with E-state index in [2.05, 4.69) is 15.0 Å². The Balaban J connectivity index is 2.13. The predicted molar refractivity (Wildman–Crippen MR) is 63.5 cm³/mol. The van der Waals surface area contributed by atoms with Crippen molar-refractivity contribution in [1.82, 2.24) is 19.7 Å². The number of hydrogen-bond donors (Lipinski definition) is 1. The van der Waals surface area contributed by atoms with Crippen LogP contribution in [0.4, 0.5) is 0 Å². The van der Waals surface area contributed by atoms with Gasteiger partial charge in [0, 0.05) is 19.1 Å². The summed E-state index contributed by atoms with van der Waals surface area (Å²) in [6, 6.07) is -0.0120. The zero-order chi connectivity index (χ0) is 13.1. The Morgan fingerprint density at radius 1 is 1.44 bits per heavy atom. The second kappa shape index (κ2) is 5.45. The van der Waals surface area contributed by atoms with Gasteiger partial charge in [-0.3, -0.25) is 4.90 Å². The molecular weight excluding hydrogens is 236 g/mol. The van der Waals surface area contributed by atoms with Crippen LogP contribution in [0.1, 0.15) is 36.3 Å². The first-order chi connectivity index (χ1) is 8.58. The molecule has 2 heterocycles. The van der Waals surface area contributed by atoms with Crippen LogP contribution in [0.2, 0.25) is 0 Å². The van der Waals surface area contributed by atoms with Gasteiger partial charge in [0.15, 0.2) is 5.82 Å². The van der Waals surface area contributed by atoms with Crippen molar-refractivity contribution < 1.29 is 14.6 Å². The van der Waals surface area contributed by atoms with Gasteiger partial charge in [-0.25, -0.2) is 14.5 Å². The minimum atomic E-state index is -1.04. The first-order valence-electron chi connectivity index (χ1n) is 6.06. The standard InChI is InChI=1S/C11H18N4O3/c1-8(2)15-10(11(16)17)12-9(13-15)7-14-3-5-18-6-4-14/h8H,3-7H2,1-2H3,(H,16,17). The second-order valence-electron chi connectivity index (χ2n) is 4.58. The molecule has 18 heavy (non-hydrogen) atoms. The van der Waals surface area contributed by atoms with Crippen molar-refractivity contribution in [2.75, 3.05) is 26.3 Å². The van der Waals surface area contributed by atoms with Crippen LogP contribution in [0, 0.1) is 0 Å². The summed E-state index contributed by atoms with van der Waals surface area (Å²) in [5, 5.41) is 13.3. The van der Waals surface area contributed by atoms with Crippen molar-refractivity contribution in [2.45, 2.75) is 26.4 Å². The molecule has 0 aliphatic carbocycles. The molecule has 7 heteroatoms. The Kier molecular flexibility index (Phi) is 3.93. The Morgan fingerprint density at radius 2 is 2.11 bits per heavy atom. The number of morpholine rings is 1. The average Bonchev–Trinajstić information content (AvgIpc) is 2.74. The van der Waals surface area contributed by atoms with E-state index in [1.54, 1.807) is 0 Å². The molecule has 0 amide bonds. The molecular formula is C11H18N4O3. The van der Waals surface area contributed by atoms with Gasteiger partial charge in [-0.15, -0.1) is 0 Å². The van der Waals surface area contributed by atoms with Crippen molar-refractivity contribution in [1.29, 1.82) is 0 Å². The zero-order valence-electron chi connectivity index (χ0n) is 10.7. The highest BCUT2D eigenvalue weighted by Gasteiger charge is 2.20. The van der Waals surface area contributed by atoms with Crippen molar-refractivity contribution in [3.8, 4) is 0 Å². The van der Waals surface area contributed by atoms with E-state index in [1.165, 1.54) is 4.68 Å². The fraction of sp³-hybridized carbons (Fsp3) is 0.727. The molecule has 0 bridgehead atoms. The molecule has 0 aromatic carbocycles. The number of aromatic carboxylic acids is 1. The first kappa shape index (κ1) is 13.0. The van der Waals surface area contributed by atoms with E-state index in [1.807, 2.05) is 13.8 Å². The zero-order valence-corrected chi connectivity index (χ0v) is 10.7. The fourth-order valence-electron chi connectivity index (χ4n) is 1.90. The molecule has 1 aliphatic heterocycles. The number of ether oxygens (including phenoxy) is 1. The highest BCUT2D eigenvalue weighted by molar-refractivity contribution is 5.83. The number of aromatic nitrogens is 3. The van der Waals surface area contributed by atoms with Gasteiger partial charge in [0.1, 0.15) is 0 Å². The number of carboxylic acids is 1. The maximum Gasteiger partial charge on any atom is 0.373 e. The molecule has 1 N–H and O–H groups in total. The molecule has 1 fully saturated rings. The third-order valence-corrected chi connectivity index (χ3v) is 2.82. The van der Waals surface area contributed by atoms with Gasteiger partial charge in [-0.2, -0.15) is 5.10 Å². The third-order valence-electron chi connectivity index (χ3n) is 2.82. The lowest BCUT2D eigenvalue weighted by molar-refractivity contribution is 0.0330. The summed E-state index contributed by atoms with van der Waals surface area (Å²) in [5.74, 6) is -0.472. The van der Waals surface area contributed by atoms with E-state index < -0.39 is 5.97 Å². The van der Waals surface area contributed by atoms with E-state index in [4.69, 9.17) is 9.84 Å². The number of hydrogen-bond acceptors (Lipinski definition) is 5. The van der Waals surface area contributed by atoms with Crippen LogP contribution in [0.5, 0.6) is 0 Å².